The molecule has 0 spiro atoms. The molecule has 0 radical (unpaired) electrons. The van der Waals surface area contributed by atoms with Crippen molar-refractivity contribution in [1.29, 1.82) is 0 Å². The fourth-order valence-corrected chi connectivity index (χ4v) is 9.38. The minimum atomic E-state index is -2.05. The summed E-state index contributed by atoms with van der Waals surface area (Å²) >= 11 is 12.8. The molecule has 0 aliphatic heterocycles. The quantitative estimate of drug-likeness (QED) is 0.224. The predicted octanol–water partition coefficient (Wildman–Crippen LogP) is 5.07. The number of halogens is 3. The van der Waals surface area contributed by atoms with Crippen LogP contribution in [-0.2, 0) is 12.8 Å². The second kappa shape index (κ2) is 12.8. The molecule has 0 saturated carbocycles. The highest BCUT2D eigenvalue weighted by molar-refractivity contribution is 7.95. The van der Waals surface area contributed by atoms with Gasteiger partial charge in [0.25, 0.3) is 0 Å². The Morgan fingerprint density at radius 2 is 0.946 bits per heavy atom. The number of benzene rings is 5. The Bertz CT molecular complexity index is 1310. The zero-order chi connectivity index (χ0) is 24.8. The molecule has 0 bridgehead atoms. The van der Waals surface area contributed by atoms with E-state index in [0.717, 1.165) is 23.0 Å². The third-order valence-corrected chi connectivity index (χ3v) is 11.5. The first-order valence-corrected chi connectivity index (χ1v) is 14.6. The normalized spacial score (nSPS) is 11.0. The molecule has 0 N–H and O–H groups in total. The minimum absolute atomic E-state index is 0. The van der Waals surface area contributed by atoms with E-state index >= 15 is 0 Å². The van der Waals surface area contributed by atoms with E-state index in [2.05, 4.69) is 103 Å². The summed E-state index contributed by atoms with van der Waals surface area (Å²) in [6.07, 6.45) is 0.831. The monoisotopic (exact) mass is 606 g/mol. The minimum Gasteiger partial charge on any atom is -1.00 e. The third kappa shape index (κ3) is 5.95. The van der Waals surface area contributed by atoms with Crippen LogP contribution in [0.2, 0.25) is 10.0 Å². The third-order valence-electron chi connectivity index (χ3n) is 6.40. The van der Waals surface area contributed by atoms with E-state index in [1.807, 2.05) is 30.3 Å². The van der Waals surface area contributed by atoms with E-state index in [9.17, 15) is 0 Å². The molecule has 0 aliphatic rings. The van der Waals surface area contributed by atoms with E-state index < -0.39 is 7.26 Å². The first kappa shape index (κ1) is 27.4. The molecule has 5 aromatic rings. The van der Waals surface area contributed by atoms with Gasteiger partial charge in [-0.3, -0.25) is 0 Å². The van der Waals surface area contributed by atoms with Crippen LogP contribution in [0.15, 0.2) is 133 Å². The molecule has 0 fully saturated rings. The van der Waals surface area contributed by atoms with Gasteiger partial charge in [-0.1, -0.05) is 102 Å². The zero-order valence-electron chi connectivity index (χ0n) is 20.1. The van der Waals surface area contributed by atoms with Crippen molar-refractivity contribution in [3.05, 3.63) is 155 Å². The number of hydrogen-bond acceptors (Lipinski definition) is 1. The van der Waals surface area contributed by atoms with E-state index in [0.29, 0.717) is 16.7 Å². The van der Waals surface area contributed by atoms with Crippen LogP contribution < -0.4 is 37.6 Å². The molecule has 37 heavy (non-hydrogen) atoms. The molecule has 0 amide bonds. The summed E-state index contributed by atoms with van der Waals surface area (Å²) in [5.74, 6) is 0.848. The van der Waals surface area contributed by atoms with Crippen molar-refractivity contribution in [2.24, 2.45) is 0 Å². The van der Waals surface area contributed by atoms with Crippen molar-refractivity contribution in [1.82, 2.24) is 0 Å². The highest BCUT2D eigenvalue weighted by Crippen LogP contribution is 2.59. The molecular weight excluding hydrogens is 582 g/mol. The summed E-state index contributed by atoms with van der Waals surface area (Å²) in [6, 6.07) is 46.5. The Labute approximate surface area is 240 Å². The molecule has 186 valence electrons. The highest BCUT2D eigenvalue weighted by atomic mass is 79.9. The number of rotatable bonds is 8. The molecule has 1 nitrogen and oxygen atoms in total. The first-order valence-electron chi connectivity index (χ1n) is 11.9. The second-order valence-corrected chi connectivity index (χ2v) is 12.9. The van der Waals surface area contributed by atoms with Crippen LogP contribution >= 0.6 is 30.5 Å². The lowest BCUT2D eigenvalue weighted by atomic mass is 10.2. The molecular formula is C32H26BrCl2OP. The van der Waals surface area contributed by atoms with Gasteiger partial charge in [0, 0.05) is 21.2 Å². The fourth-order valence-electron chi connectivity index (χ4n) is 4.62. The van der Waals surface area contributed by atoms with Gasteiger partial charge in [0.15, 0.2) is 0 Å². The maximum absolute atomic E-state index is 6.42. The summed E-state index contributed by atoms with van der Waals surface area (Å²) in [6.45, 7) is 0.309. The van der Waals surface area contributed by atoms with E-state index in [-0.39, 0.29) is 17.0 Å². The molecule has 0 aliphatic carbocycles. The van der Waals surface area contributed by atoms with Crippen LogP contribution in [0, 0.1) is 0 Å². The molecule has 0 saturated heterocycles. The Morgan fingerprint density at radius 1 is 0.514 bits per heavy atom. The van der Waals surface area contributed by atoms with Crippen LogP contribution in [-0.4, -0.2) is 0 Å². The standard InChI is InChI=1S/C32H26Cl2OP.BrH/c33-30-20-12-21-31(34)29(30)23-35-32-22-11-10-13-25(32)24-36(26-14-4-1-5-15-26,27-16-6-2-7-17-27)28-18-8-3-9-19-28;/h1-22H,23-24H2;1H/q+1;/p-1. The maximum atomic E-state index is 6.42. The van der Waals surface area contributed by atoms with Crippen molar-refractivity contribution >= 4 is 46.4 Å². The summed E-state index contributed by atoms with van der Waals surface area (Å²) in [7, 11) is -2.05. The van der Waals surface area contributed by atoms with Crippen molar-refractivity contribution < 1.29 is 21.7 Å². The zero-order valence-corrected chi connectivity index (χ0v) is 24.1. The summed E-state index contributed by atoms with van der Waals surface area (Å²) in [5, 5.41) is 5.24. The highest BCUT2D eigenvalue weighted by Gasteiger charge is 2.45. The Morgan fingerprint density at radius 3 is 1.43 bits per heavy atom. The van der Waals surface area contributed by atoms with Gasteiger partial charge in [0.05, 0.1) is 0 Å². The van der Waals surface area contributed by atoms with Crippen LogP contribution in [0.5, 0.6) is 5.75 Å². The predicted molar refractivity (Wildman–Crippen MR) is 156 cm³/mol. The van der Waals surface area contributed by atoms with Gasteiger partial charge < -0.3 is 21.7 Å². The molecule has 0 atom stereocenters. The van der Waals surface area contributed by atoms with Gasteiger partial charge in [-0.05, 0) is 54.6 Å². The van der Waals surface area contributed by atoms with Crippen molar-refractivity contribution in [2.45, 2.75) is 12.8 Å². The molecule has 0 unspecified atom stereocenters. The van der Waals surface area contributed by atoms with Crippen molar-refractivity contribution in [2.75, 3.05) is 0 Å². The average Bonchev–Trinajstić information content (AvgIpc) is 2.93. The molecule has 5 rings (SSSR count). The van der Waals surface area contributed by atoms with E-state index in [1.165, 1.54) is 15.9 Å². The summed E-state index contributed by atoms with van der Waals surface area (Å²) in [4.78, 5) is 0. The van der Waals surface area contributed by atoms with Gasteiger partial charge >= 0.3 is 0 Å². The lowest BCUT2D eigenvalue weighted by molar-refractivity contribution is -0.00000713. The molecule has 5 heteroatoms. The molecule has 0 heterocycles. The largest absolute Gasteiger partial charge is 1.00 e. The number of para-hydroxylation sites is 1. The maximum Gasteiger partial charge on any atom is 0.126 e. The average molecular weight is 608 g/mol. The van der Waals surface area contributed by atoms with Crippen molar-refractivity contribution in [3.63, 3.8) is 0 Å². The first-order chi connectivity index (χ1) is 17.7. The number of hydrogen-bond donors (Lipinski definition) is 0. The van der Waals surface area contributed by atoms with Gasteiger partial charge in [0.2, 0.25) is 0 Å². The topological polar surface area (TPSA) is 9.23 Å². The van der Waals surface area contributed by atoms with Gasteiger partial charge in [0.1, 0.15) is 41.7 Å². The lowest BCUT2D eigenvalue weighted by Crippen LogP contribution is -3.00. The van der Waals surface area contributed by atoms with E-state index in [1.54, 1.807) is 0 Å². The fraction of sp³-hybridized carbons (Fsp3) is 0.0625. The number of ether oxygens (including phenoxy) is 1. The van der Waals surface area contributed by atoms with Gasteiger partial charge in [-0.2, -0.15) is 0 Å². The van der Waals surface area contributed by atoms with Crippen LogP contribution in [0.3, 0.4) is 0 Å². The molecule has 0 aromatic heterocycles. The Balaban J connectivity index is 0.00000320. The van der Waals surface area contributed by atoms with Gasteiger partial charge in [-0.25, -0.2) is 0 Å². The lowest BCUT2D eigenvalue weighted by Gasteiger charge is -2.28. The van der Waals surface area contributed by atoms with Crippen LogP contribution in [0.4, 0.5) is 0 Å². The van der Waals surface area contributed by atoms with Crippen molar-refractivity contribution in [3.8, 4) is 5.75 Å². The van der Waals surface area contributed by atoms with Gasteiger partial charge in [-0.15, -0.1) is 0 Å². The summed E-state index contributed by atoms with van der Waals surface area (Å²) in [5.41, 5.74) is 1.96. The summed E-state index contributed by atoms with van der Waals surface area (Å²) < 4.78 is 6.39. The van der Waals surface area contributed by atoms with E-state index in [4.69, 9.17) is 27.9 Å². The Hall–Kier alpha value is -2.61. The molecule has 5 aromatic carbocycles. The van der Waals surface area contributed by atoms with Crippen LogP contribution in [0.1, 0.15) is 11.1 Å². The Kier molecular flexibility index (Phi) is 9.46. The second-order valence-electron chi connectivity index (χ2n) is 8.57. The smallest absolute Gasteiger partial charge is 0.126 e. The van der Waals surface area contributed by atoms with Crippen LogP contribution in [0.25, 0.3) is 0 Å². The SMILES string of the molecule is Clc1cccc(Cl)c1COc1ccccc1C[P+](c1ccccc1)(c1ccccc1)c1ccccc1.[Br-].